The van der Waals surface area contributed by atoms with Crippen molar-refractivity contribution in [2.24, 2.45) is 0 Å². The van der Waals surface area contributed by atoms with Gasteiger partial charge in [-0.15, -0.1) is 0 Å². The van der Waals surface area contributed by atoms with Crippen LogP contribution in [0.25, 0.3) is 0 Å². The molecule has 1 aromatic carbocycles. The maximum Gasteiger partial charge on any atom is 0.387 e. The lowest BCUT2D eigenvalue weighted by Crippen LogP contribution is -2.56. The number of benzene rings is 1. The Morgan fingerprint density at radius 1 is 1.29 bits per heavy atom. The van der Waals surface area contributed by atoms with Gasteiger partial charge in [0, 0.05) is 13.1 Å². The first-order valence-electron chi connectivity index (χ1n) is 8.28. The Morgan fingerprint density at radius 2 is 1.93 bits per heavy atom. The molecule has 3 unspecified atom stereocenters. The third-order valence-electron chi connectivity index (χ3n) is 4.08. The molecule has 1 heterocycles. The number of carboxylic acid groups (broad SMARTS) is 1. The van der Waals surface area contributed by atoms with Crippen LogP contribution < -0.4 is 10.1 Å². The predicted molar refractivity (Wildman–Crippen MR) is 93.7 cm³/mol. The summed E-state index contributed by atoms with van der Waals surface area (Å²) in [6.07, 6.45) is -0.383. The first-order chi connectivity index (χ1) is 13.3. The highest BCUT2D eigenvalue weighted by atomic mass is 32.2. The van der Waals surface area contributed by atoms with Crippen LogP contribution in [-0.2, 0) is 27.0 Å². The van der Waals surface area contributed by atoms with Crippen LogP contribution in [0.2, 0.25) is 0 Å². The third kappa shape index (κ3) is 6.11. The van der Waals surface area contributed by atoms with Gasteiger partial charge in [0.1, 0.15) is 11.8 Å². The van der Waals surface area contributed by atoms with E-state index in [2.05, 4.69) is 10.1 Å². The number of morpholine rings is 1. The van der Waals surface area contributed by atoms with Gasteiger partial charge in [-0.2, -0.15) is 8.78 Å². The highest BCUT2D eigenvalue weighted by Gasteiger charge is 2.36. The molecule has 2 rings (SSSR count). The molecule has 1 aliphatic rings. The number of nitrogens with one attached hydrogen (secondary N) is 1. The molecule has 28 heavy (non-hydrogen) atoms. The average molecular weight is 422 g/mol. The molecule has 12 heteroatoms. The zero-order chi connectivity index (χ0) is 20.7. The molecule has 0 bridgehead atoms. The van der Waals surface area contributed by atoms with Crippen molar-refractivity contribution in [3.05, 3.63) is 29.8 Å². The zero-order valence-electron chi connectivity index (χ0n) is 14.6. The Morgan fingerprint density at radius 3 is 2.50 bits per heavy atom. The fourth-order valence-electron chi connectivity index (χ4n) is 2.71. The number of nitrogens with zero attached hydrogens (tertiary/aromatic N) is 1. The predicted octanol–water partition coefficient (Wildman–Crippen LogP) is 0.916. The van der Waals surface area contributed by atoms with Crippen molar-refractivity contribution in [1.29, 1.82) is 0 Å². The van der Waals surface area contributed by atoms with E-state index < -0.39 is 41.0 Å². The van der Waals surface area contributed by atoms with Crippen molar-refractivity contribution in [1.82, 2.24) is 10.2 Å². The van der Waals surface area contributed by atoms with E-state index in [9.17, 15) is 32.2 Å². The Bertz CT molecular complexity index is 716. The highest BCUT2D eigenvalue weighted by Crippen LogP contribution is 2.24. The number of urea groups is 1. The third-order valence-corrected chi connectivity index (χ3v) is 5.04. The summed E-state index contributed by atoms with van der Waals surface area (Å²) in [5, 5.41) is 10.2. The second-order valence-corrected chi connectivity index (χ2v) is 7.03. The summed E-state index contributed by atoms with van der Waals surface area (Å²) in [7, 11) is 0. The van der Waals surface area contributed by atoms with Crippen molar-refractivity contribution in [3.63, 3.8) is 0 Å². The van der Waals surface area contributed by atoms with Crippen molar-refractivity contribution in [3.8, 4) is 5.75 Å². The van der Waals surface area contributed by atoms with Gasteiger partial charge < -0.3 is 29.3 Å². The van der Waals surface area contributed by atoms with Crippen LogP contribution in [-0.4, -0.2) is 75.0 Å². The molecule has 156 valence electrons. The lowest BCUT2D eigenvalue weighted by molar-refractivity contribution is -0.139. The van der Waals surface area contributed by atoms with Crippen LogP contribution in [0.3, 0.4) is 0 Å². The number of carbonyl (C=O) groups excluding carboxylic acids is 1. The van der Waals surface area contributed by atoms with Gasteiger partial charge in [0.05, 0.1) is 18.5 Å². The normalized spacial score (nSPS) is 17.6. The SMILES string of the molecule is O=C(O)C(NC(=O)N1CCOCC1)C(Cc1ccccc1OC(F)F)S(=O)O. The van der Waals surface area contributed by atoms with Crippen molar-refractivity contribution >= 4 is 23.1 Å². The molecule has 3 N–H and O–H groups in total. The van der Waals surface area contributed by atoms with Crippen LogP contribution in [0.4, 0.5) is 13.6 Å². The number of carboxylic acids is 1. The van der Waals surface area contributed by atoms with E-state index in [0.29, 0.717) is 13.2 Å². The van der Waals surface area contributed by atoms with Gasteiger partial charge in [-0.3, -0.25) is 0 Å². The first-order valence-corrected chi connectivity index (χ1v) is 9.45. The molecular formula is C16H20F2N2O7S. The van der Waals surface area contributed by atoms with E-state index in [-0.39, 0.29) is 30.8 Å². The molecule has 2 amide bonds. The first kappa shape index (κ1) is 22.0. The molecule has 1 aromatic rings. The second kappa shape index (κ2) is 10.3. The van der Waals surface area contributed by atoms with Crippen LogP contribution >= 0.6 is 0 Å². The number of rotatable bonds is 8. The van der Waals surface area contributed by atoms with Crippen LogP contribution in [0, 0.1) is 0 Å². The molecule has 1 fully saturated rings. The molecule has 9 nitrogen and oxygen atoms in total. The van der Waals surface area contributed by atoms with Crippen molar-refractivity contribution in [2.45, 2.75) is 24.3 Å². The fourth-order valence-corrected chi connectivity index (χ4v) is 3.45. The van der Waals surface area contributed by atoms with Crippen molar-refractivity contribution in [2.75, 3.05) is 26.3 Å². The lowest BCUT2D eigenvalue weighted by Gasteiger charge is -2.30. The van der Waals surface area contributed by atoms with E-state index in [1.165, 1.54) is 29.2 Å². The van der Waals surface area contributed by atoms with Crippen LogP contribution in [0.5, 0.6) is 5.75 Å². The number of alkyl halides is 2. The number of hydrogen-bond donors (Lipinski definition) is 3. The van der Waals surface area contributed by atoms with E-state index in [1.807, 2.05) is 0 Å². The summed E-state index contributed by atoms with van der Waals surface area (Å²) in [5.41, 5.74) is 0.113. The largest absolute Gasteiger partial charge is 0.480 e. The summed E-state index contributed by atoms with van der Waals surface area (Å²) in [5.74, 6) is -1.77. The Labute approximate surface area is 161 Å². The average Bonchev–Trinajstić information content (AvgIpc) is 2.65. The van der Waals surface area contributed by atoms with E-state index >= 15 is 0 Å². The Kier molecular flexibility index (Phi) is 8.08. The molecule has 0 saturated carbocycles. The van der Waals surface area contributed by atoms with Gasteiger partial charge in [-0.25, -0.2) is 13.8 Å². The molecular weight excluding hydrogens is 402 g/mol. The number of amides is 2. The molecule has 1 aliphatic heterocycles. The monoisotopic (exact) mass is 422 g/mol. The number of aliphatic carboxylic acids is 1. The van der Waals surface area contributed by atoms with E-state index in [1.54, 1.807) is 0 Å². The topological polar surface area (TPSA) is 125 Å². The fraction of sp³-hybridized carbons (Fsp3) is 0.500. The van der Waals surface area contributed by atoms with Gasteiger partial charge in [-0.05, 0) is 18.1 Å². The van der Waals surface area contributed by atoms with Gasteiger partial charge in [0.25, 0.3) is 0 Å². The van der Waals surface area contributed by atoms with Gasteiger partial charge in [-0.1, -0.05) is 18.2 Å². The number of halogens is 2. The number of para-hydroxylation sites is 1. The standard InChI is InChI=1S/C16H20F2N2O7S/c17-15(18)27-11-4-2-1-3-10(11)9-12(28(24)25)13(14(21)22)19-16(23)20-5-7-26-8-6-20/h1-4,12-13,15H,5-9H2,(H,19,23)(H,21,22)(H,24,25). The maximum absolute atomic E-state index is 12.6. The molecule has 1 saturated heterocycles. The lowest BCUT2D eigenvalue weighted by atomic mass is 10.0. The summed E-state index contributed by atoms with van der Waals surface area (Å²) in [6.45, 7) is -2.04. The zero-order valence-corrected chi connectivity index (χ0v) is 15.4. The number of hydrogen-bond acceptors (Lipinski definition) is 5. The van der Waals surface area contributed by atoms with Crippen molar-refractivity contribution < 1.29 is 41.7 Å². The van der Waals surface area contributed by atoms with Crippen LogP contribution in [0.1, 0.15) is 5.56 Å². The van der Waals surface area contributed by atoms with Gasteiger partial charge in [0.15, 0.2) is 11.1 Å². The minimum Gasteiger partial charge on any atom is -0.480 e. The summed E-state index contributed by atoms with van der Waals surface area (Å²) >= 11 is -2.68. The molecule has 0 aliphatic carbocycles. The van der Waals surface area contributed by atoms with E-state index in [0.717, 1.165) is 0 Å². The quantitative estimate of drug-likeness (QED) is 0.532. The van der Waals surface area contributed by atoms with Gasteiger partial charge in [0.2, 0.25) is 0 Å². The molecule has 0 radical (unpaired) electrons. The minimum absolute atomic E-state index is 0.113. The summed E-state index contributed by atoms with van der Waals surface area (Å²) in [6, 6.07) is 3.10. The number of carbonyl (C=O) groups is 2. The highest BCUT2D eigenvalue weighted by molar-refractivity contribution is 7.80. The van der Waals surface area contributed by atoms with Crippen LogP contribution in [0.15, 0.2) is 24.3 Å². The van der Waals surface area contributed by atoms with E-state index in [4.69, 9.17) is 4.74 Å². The Hall–Kier alpha value is -2.31. The Balaban J connectivity index is 2.20. The molecule has 3 atom stereocenters. The maximum atomic E-state index is 12.6. The number of ether oxygens (including phenoxy) is 2. The minimum atomic E-state index is -3.12. The second-order valence-electron chi connectivity index (χ2n) is 5.87. The molecule has 0 spiro atoms. The summed E-state index contributed by atoms with van der Waals surface area (Å²) < 4.78 is 56.0. The molecule has 0 aromatic heterocycles. The smallest absolute Gasteiger partial charge is 0.387 e. The van der Waals surface area contributed by atoms with Gasteiger partial charge >= 0.3 is 18.6 Å². The summed E-state index contributed by atoms with van der Waals surface area (Å²) in [4.78, 5) is 25.3.